The molecule has 1 aliphatic carbocycles. The zero-order valence-corrected chi connectivity index (χ0v) is 10.4. The Morgan fingerprint density at radius 3 is 2.76 bits per heavy atom. The van der Waals surface area contributed by atoms with E-state index in [0.717, 1.165) is 18.7 Å². The zero-order valence-electron chi connectivity index (χ0n) is 10.4. The summed E-state index contributed by atoms with van der Waals surface area (Å²) in [6, 6.07) is 0. The number of aromatic amines is 1. The van der Waals surface area contributed by atoms with Crippen LogP contribution in [0.25, 0.3) is 0 Å². The van der Waals surface area contributed by atoms with Gasteiger partial charge in [0.2, 0.25) is 0 Å². The minimum absolute atomic E-state index is 0.0241. The topological polar surface area (TPSA) is 52.1 Å². The Morgan fingerprint density at radius 1 is 1.47 bits per heavy atom. The number of H-pyrrole nitrogens is 1. The zero-order chi connectivity index (χ0) is 11.9. The van der Waals surface area contributed by atoms with Crippen LogP contribution in [-0.4, -0.2) is 46.7 Å². The van der Waals surface area contributed by atoms with E-state index >= 15 is 0 Å². The van der Waals surface area contributed by atoms with E-state index in [4.69, 9.17) is 0 Å². The number of nitrogens with zero attached hydrogens (tertiary/aromatic N) is 2. The first-order valence-electron chi connectivity index (χ1n) is 6.58. The van der Waals surface area contributed by atoms with E-state index in [2.05, 4.69) is 21.9 Å². The second-order valence-corrected chi connectivity index (χ2v) is 5.70. The van der Waals surface area contributed by atoms with Crippen molar-refractivity contribution in [3.63, 3.8) is 0 Å². The predicted octanol–water partition coefficient (Wildman–Crippen LogP) is 1.24. The molecule has 17 heavy (non-hydrogen) atoms. The summed E-state index contributed by atoms with van der Waals surface area (Å²) in [5.41, 5.74) is 1.25. The SMILES string of the molecule is CN1CCC(c2cnc(C3(CO)CC3)[nH]2)CC1. The monoisotopic (exact) mass is 235 g/mol. The minimum Gasteiger partial charge on any atom is -0.395 e. The van der Waals surface area contributed by atoms with Gasteiger partial charge in [-0.25, -0.2) is 4.98 Å². The summed E-state index contributed by atoms with van der Waals surface area (Å²) < 4.78 is 0. The van der Waals surface area contributed by atoms with Crippen LogP contribution in [0.3, 0.4) is 0 Å². The van der Waals surface area contributed by atoms with E-state index in [-0.39, 0.29) is 12.0 Å². The number of rotatable bonds is 3. The molecule has 0 radical (unpaired) electrons. The summed E-state index contributed by atoms with van der Waals surface area (Å²) >= 11 is 0. The van der Waals surface area contributed by atoms with Crippen LogP contribution in [-0.2, 0) is 5.41 Å². The van der Waals surface area contributed by atoms with Crippen molar-refractivity contribution in [3.05, 3.63) is 17.7 Å². The molecule has 2 N–H and O–H groups in total. The van der Waals surface area contributed by atoms with Gasteiger partial charge in [0.1, 0.15) is 5.82 Å². The molecular formula is C13H21N3O. The summed E-state index contributed by atoms with van der Waals surface area (Å²) in [7, 11) is 2.18. The van der Waals surface area contributed by atoms with Crippen LogP contribution < -0.4 is 0 Å². The number of likely N-dealkylation sites (tertiary alicyclic amines) is 1. The molecule has 0 bridgehead atoms. The molecule has 2 aliphatic rings. The van der Waals surface area contributed by atoms with Gasteiger partial charge < -0.3 is 15.0 Å². The molecule has 1 aromatic heterocycles. The molecule has 2 heterocycles. The maximum Gasteiger partial charge on any atom is 0.114 e. The Morgan fingerprint density at radius 2 is 2.18 bits per heavy atom. The summed E-state index contributed by atoms with van der Waals surface area (Å²) in [6.45, 7) is 2.57. The molecule has 1 aromatic rings. The van der Waals surface area contributed by atoms with E-state index in [1.165, 1.54) is 31.6 Å². The lowest BCUT2D eigenvalue weighted by atomic mass is 9.94. The van der Waals surface area contributed by atoms with E-state index in [0.29, 0.717) is 5.92 Å². The van der Waals surface area contributed by atoms with E-state index in [1.54, 1.807) is 0 Å². The summed E-state index contributed by atoms with van der Waals surface area (Å²) in [4.78, 5) is 10.3. The highest BCUT2D eigenvalue weighted by Crippen LogP contribution is 2.46. The highest BCUT2D eigenvalue weighted by atomic mass is 16.3. The Bertz CT molecular complexity index is 389. The number of aromatic nitrogens is 2. The van der Waals surface area contributed by atoms with Gasteiger partial charge in [0.25, 0.3) is 0 Å². The number of piperidine rings is 1. The smallest absolute Gasteiger partial charge is 0.114 e. The second-order valence-electron chi connectivity index (χ2n) is 5.70. The van der Waals surface area contributed by atoms with Gasteiger partial charge in [0, 0.05) is 17.8 Å². The Kier molecular flexibility index (Phi) is 2.71. The fourth-order valence-corrected chi connectivity index (χ4v) is 2.75. The van der Waals surface area contributed by atoms with E-state index in [9.17, 15) is 5.11 Å². The first-order valence-corrected chi connectivity index (χ1v) is 6.58. The van der Waals surface area contributed by atoms with Crippen LogP contribution in [0.15, 0.2) is 6.20 Å². The molecular weight excluding hydrogens is 214 g/mol. The highest BCUT2D eigenvalue weighted by molar-refractivity contribution is 5.21. The first-order chi connectivity index (χ1) is 8.23. The maximum absolute atomic E-state index is 9.40. The van der Waals surface area contributed by atoms with Crippen molar-refractivity contribution in [3.8, 4) is 0 Å². The lowest BCUT2D eigenvalue weighted by Crippen LogP contribution is -2.29. The number of hydrogen-bond acceptors (Lipinski definition) is 3. The van der Waals surface area contributed by atoms with E-state index in [1.807, 2.05) is 6.20 Å². The molecule has 0 spiro atoms. The molecule has 0 unspecified atom stereocenters. The Balaban J connectivity index is 1.72. The largest absolute Gasteiger partial charge is 0.395 e. The molecule has 2 fully saturated rings. The normalized spacial score (nSPS) is 25.1. The molecule has 1 saturated heterocycles. The molecule has 4 heteroatoms. The van der Waals surface area contributed by atoms with Crippen molar-refractivity contribution in [2.24, 2.45) is 0 Å². The first kappa shape index (κ1) is 11.2. The fourth-order valence-electron chi connectivity index (χ4n) is 2.75. The molecule has 0 atom stereocenters. The van der Waals surface area contributed by atoms with E-state index < -0.39 is 0 Å². The van der Waals surface area contributed by atoms with Gasteiger partial charge >= 0.3 is 0 Å². The van der Waals surface area contributed by atoms with Gasteiger partial charge in [-0.15, -0.1) is 0 Å². The molecule has 0 amide bonds. The highest BCUT2D eigenvalue weighted by Gasteiger charge is 2.46. The van der Waals surface area contributed by atoms with Crippen LogP contribution in [0.2, 0.25) is 0 Å². The number of hydrogen-bond donors (Lipinski definition) is 2. The van der Waals surface area contributed by atoms with Gasteiger partial charge in [0.15, 0.2) is 0 Å². The third kappa shape index (κ3) is 2.00. The Labute approximate surface area is 102 Å². The number of aliphatic hydroxyl groups excluding tert-OH is 1. The van der Waals surface area contributed by atoms with Crippen molar-refractivity contribution in [1.82, 2.24) is 14.9 Å². The third-order valence-electron chi connectivity index (χ3n) is 4.41. The van der Waals surface area contributed by atoms with Gasteiger partial charge in [0.05, 0.1) is 12.0 Å². The lowest BCUT2D eigenvalue weighted by molar-refractivity contribution is 0.248. The summed E-state index contributed by atoms with van der Waals surface area (Å²) in [5, 5.41) is 9.40. The number of imidazole rings is 1. The van der Waals surface area contributed by atoms with Crippen LogP contribution >= 0.6 is 0 Å². The van der Waals surface area contributed by atoms with Gasteiger partial charge in [-0.3, -0.25) is 0 Å². The van der Waals surface area contributed by atoms with Crippen molar-refractivity contribution in [1.29, 1.82) is 0 Å². The quantitative estimate of drug-likeness (QED) is 0.829. The van der Waals surface area contributed by atoms with Crippen LogP contribution in [0.4, 0.5) is 0 Å². The van der Waals surface area contributed by atoms with Crippen LogP contribution in [0.5, 0.6) is 0 Å². The molecule has 0 aromatic carbocycles. The van der Waals surface area contributed by atoms with Gasteiger partial charge in [-0.1, -0.05) is 0 Å². The second kappa shape index (κ2) is 4.10. The average molecular weight is 235 g/mol. The average Bonchev–Trinajstić information content (AvgIpc) is 3.00. The minimum atomic E-state index is -0.0241. The third-order valence-corrected chi connectivity index (χ3v) is 4.41. The maximum atomic E-state index is 9.40. The molecule has 94 valence electrons. The summed E-state index contributed by atoms with van der Waals surface area (Å²) in [5.74, 6) is 1.64. The van der Waals surface area contributed by atoms with Crippen molar-refractivity contribution in [2.75, 3.05) is 26.7 Å². The number of aliphatic hydroxyl groups is 1. The molecule has 3 rings (SSSR count). The molecule has 1 saturated carbocycles. The predicted molar refractivity (Wildman–Crippen MR) is 66.1 cm³/mol. The van der Waals surface area contributed by atoms with Gasteiger partial charge in [-0.2, -0.15) is 0 Å². The van der Waals surface area contributed by atoms with Crippen LogP contribution in [0, 0.1) is 0 Å². The molecule has 1 aliphatic heterocycles. The van der Waals surface area contributed by atoms with Crippen molar-refractivity contribution < 1.29 is 5.11 Å². The standard InChI is InChI=1S/C13H21N3O/c1-16-6-2-10(3-7-16)11-8-14-12(15-11)13(9-17)4-5-13/h8,10,17H,2-7,9H2,1H3,(H,14,15). The van der Waals surface area contributed by atoms with Crippen molar-refractivity contribution in [2.45, 2.75) is 37.0 Å². The lowest BCUT2D eigenvalue weighted by Gasteiger charge is -2.28. The van der Waals surface area contributed by atoms with Crippen LogP contribution in [0.1, 0.15) is 43.1 Å². The summed E-state index contributed by atoms with van der Waals surface area (Å²) in [6.07, 6.45) is 6.56. The van der Waals surface area contributed by atoms with Gasteiger partial charge in [-0.05, 0) is 45.8 Å². The van der Waals surface area contributed by atoms with Crippen molar-refractivity contribution >= 4 is 0 Å². The molecule has 4 nitrogen and oxygen atoms in total. The fraction of sp³-hybridized carbons (Fsp3) is 0.769. The Hall–Kier alpha value is -0.870. The number of nitrogens with one attached hydrogen (secondary N) is 1.